The number of nitrogens with zero attached hydrogens (tertiary/aromatic N) is 2. The maximum atomic E-state index is 13.0. The summed E-state index contributed by atoms with van der Waals surface area (Å²) in [6.07, 6.45) is 0. The molecule has 1 aliphatic heterocycles. The van der Waals surface area contributed by atoms with Crippen LogP contribution in [-0.2, 0) is 10.0 Å². The van der Waals surface area contributed by atoms with Crippen LogP contribution in [0.4, 0.5) is 0 Å². The van der Waals surface area contributed by atoms with Crippen LogP contribution >= 0.6 is 0 Å². The van der Waals surface area contributed by atoms with Gasteiger partial charge >= 0.3 is 0 Å². The Balaban J connectivity index is 1.49. The van der Waals surface area contributed by atoms with Gasteiger partial charge in [0.05, 0.1) is 4.90 Å². The molecule has 3 aromatic rings. The SMILES string of the molecule is Cc1ccc(S(=O)(=O)N2CCN(C(=O)c3cc4cc(C)ccc4o3)CC2)c(C)c1. The van der Waals surface area contributed by atoms with Crippen molar-refractivity contribution in [3.05, 3.63) is 64.9 Å². The number of amides is 1. The van der Waals surface area contributed by atoms with E-state index in [1.165, 1.54) is 4.31 Å². The van der Waals surface area contributed by atoms with Crippen molar-refractivity contribution in [2.24, 2.45) is 0 Å². The van der Waals surface area contributed by atoms with Crippen molar-refractivity contribution in [3.63, 3.8) is 0 Å². The molecule has 29 heavy (non-hydrogen) atoms. The first-order valence-corrected chi connectivity index (χ1v) is 11.1. The summed E-state index contributed by atoms with van der Waals surface area (Å²) in [5, 5.41) is 0.893. The lowest BCUT2D eigenvalue weighted by Crippen LogP contribution is -2.50. The fraction of sp³-hybridized carbons (Fsp3) is 0.318. The predicted octanol–water partition coefficient (Wildman–Crippen LogP) is 3.50. The lowest BCUT2D eigenvalue weighted by molar-refractivity contribution is 0.0668. The van der Waals surface area contributed by atoms with E-state index < -0.39 is 10.0 Å². The third-order valence-corrected chi connectivity index (χ3v) is 7.42. The molecule has 0 aliphatic carbocycles. The van der Waals surface area contributed by atoms with E-state index in [0.29, 0.717) is 23.6 Å². The van der Waals surface area contributed by atoms with Crippen molar-refractivity contribution in [1.29, 1.82) is 0 Å². The first kappa shape index (κ1) is 19.7. The number of carbonyl (C=O) groups is 1. The number of piperazine rings is 1. The third-order valence-electron chi connectivity index (χ3n) is 5.36. The molecule has 6 nitrogen and oxygen atoms in total. The second-order valence-electron chi connectivity index (χ2n) is 7.62. The second-order valence-corrected chi connectivity index (χ2v) is 9.52. The van der Waals surface area contributed by atoms with Gasteiger partial charge in [-0.3, -0.25) is 4.79 Å². The number of benzene rings is 2. The molecule has 2 aromatic carbocycles. The molecule has 1 saturated heterocycles. The van der Waals surface area contributed by atoms with Gasteiger partial charge in [-0.1, -0.05) is 29.3 Å². The van der Waals surface area contributed by atoms with Crippen LogP contribution in [0.1, 0.15) is 27.2 Å². The highest BCUT2D eigenvalue weighted by atomic mass is 32.2. The fourth-order valence-corrected chi connectivity index (χ4v) is 5.41. The summed E-state index contributed by atoms with van der Waals surface area (Å²) in [7, 11) is -3.58. The number of hydrogen-bond acceptors (Lipinski definition) is 4. The van der Waals surface area contributed by atoms with E-state index >= 15 is 0 Å². The van der Waals surface area contributed by atoms with Gasteiger partial charge in [-0.15, -0.1) is 0 Å². The van der Waals surface area contributed by atoms with Gasteiger partial charge in [0.1, 0.15) is 5.58 Å². The number of hydrogen-bond donors (Lipinski definition) is 0. The van der Waals surface area contributed by atoms with Crippen LogP contribution < -0.4 is 0 Å². The quantitative estimate of drug-likeness (QED) is 0.660. The summed E-state index contributed by atoms with van der Waals surface area (Å²) in [5.74, 6) is 0.0821. The number of furan rings is 1. The largest absolute Gasteiger partial charge is 0.451 e. The highest BCUT2D eigenvalue weighted by molar-refractivity contribution is 7.89. The molecular weight excluding hydrogens is 388 g/mol. The van der Waals surface area contributed by atoms with Crippen molar-refractivity contribution in [1.82, 2.24) is 9.21 Å². The van der Waals surface area contributed by atoms with Crippen molar-refractivity contribution in [2.45, 2.75) is 25.7 Å². The topological polar surface area (TPSA) is 70.8 Å². The first-order valence-electron chi connectivity index (χ1n) is 9.62. The fourth-order valence-electron chi connectivity index (χ4n) is 3.78. The molecule has 0 bridgehead atoms. The zero-order valence-corrected chi connectivity index (χ0v) is 17.6. The summed E-state index contributed by atoms with van der Waals surface area (Å²) in [4.78, 5) is 14.8. The zero-order valence-electron chi connectivity index (χ0n) is 16.8. The van der Waals surface area contributed by atoms with Gasteiger partial charge in [0.15, 0.2) is 5.76 Å². The number of rotatable bonds is 3. The Morgan fingerprint density at radius 3 is 2.24 bits per heavy atom. The lowest BCUT2D eigenvalue weighted by Gasteiger charge is -2.33. The van der Waals surface area contributed by atoms with Gasteiger partial charge in [0.25, 0.3) is 5.91 Å². The average Bonchev–Trinajstić information content (AvgIpc) is 3.10. The predicted molar refractivity (Wildman–Crippen MR) is 112 cm³/mol. The molecule has 1 amide bonds. The summed E-state index contributed by atoms with van der Waals surface area (Å²) >= 11 is 0. The van der Waals surface area contributed by atoms with Crippen LogP contribution in [0.25, 0.3) is 11.0 Å². The monoisotopic (exact) mass is 412 g/mol. The summed E-state index contributed by atoms with van der Waals surface area (Å²) in [6, 6.07) is 12.9. The maximum absolute atomic E-state index is 13.0. The Morgan fingerprint density at radius 2 is 1.55 bits per heavy atom. The molecule has 1 aliphatic rings. The molecule has 0 spiro atoms. The smallest absolute Gasteiger partial charge is 0.289 e. The molecule has 7 heteroatoms. The van der Waals surface area contributed by atoms with Crippen LogP contribution in [0.3, 0.4) is 0 Å². The summed E-state index contributed by atoms with van der Waals surface area (Å²) in [6.45, 7) is 6.93. The van der Waals surface area contributed by atoms with Crippen LogP contribution in [0.5, 0.6) is 0 Å². The van der Waals surface area contributed by atoms with E-state index in [-0.39, 0.29) is 24.8 Å². The molecule has 1 aromatic heterocycles. The van der Waals surface area contributed by atoms with E-state index in [0.717, 1.165) is 22.1 Å². The molecule has 0 N–H and O–H groups in total. The normalized spacial score (nSPS) is 15.8. The second kappa shape index (κ2) is 7.31. The van der Waals surface area contributed by atoms with Gasteiger partial charge < -0.3 is 9.32 Å². The Hall–Kier alpha value is -2.64. The number of sulfonamides is 1. The van der Waals surface area contributed by atoms with Gasteiger partial charge in [-0.25, -0.2) is 8.42 Å². The third kappa shape index (κ3) is 3.68. The molecule has 1 fully saturated rings. The highest BCUT2D eigenvalue weighted by Crippen LogP contribution is 2.24. The first-order chi connectivity index (χ1) is 13.8. The van der Waals surface area contributed by atoms with Crippen LogP contribution in [0.2, 0.25) is 0 Å². The van der Waals surface area contributed by atoms with Crippen molar-refractivity contribution in [3.8, 4) is 0 Å². The van der Waals surface area contributed by atoms with Crippen LogP contribution in [-0.4, -0.2) is 49.7 Å². The lowest BCUT2D eigenvalue weighted by atomic mass is 10.2. The number of aryl methyl sites for hydroxylation is 3. The van der Waals surface area contributed by atoms with Crippen LogP contribution in [0.15, 0.2) is 51.8 Å². The van der Waals surface area contributed by atoms with Crippen molar-refractivity contribution < 1.29 is 17.6 Å². The van der Waals surface area contributed by atoms with Gasteiger partial charge in [-0.2, -0.15) is 4.31 Å². The summed E-state index contributed by atoms with van der Waals surface area (Å²) < 4.78 is 33.2. The molecule has 0 atom stereocenters. The van der Waals surface area contributed by atoms with E-state index in [9.17, 15) is 13.2 Å². The minimum absolute atomic E-state index is 0.206. The Bertz CT molecular complexity index is 1190. The van der Waals surface area contributed by atoms with E-state index in [2.05, 4.69) is 0 Å². The zero-order chi connectivity index (χ0) is 20.8. The minimum Gasteiger partial charge on any atom is -0.451 e. The highest BCUT2D eigenvalue weighted by Gasteiger charge is 2.32. The summed E-state index contributed by atoms with van der Waals surface area (Å²) in [5.41, 5.74) is 3.54. The van der Waals surface area contributed by atoms with E-state index in [1.54, 1.807) is 17.0 Å². The van der Waals surface area contributed by atoms with Crippen molar-refractivity contribution in [2.75, 3.05) is 26.2 Å². The van der Waals surface area contributed by atoms with Gasteiger partial charge in [0, 0.05) is 31.6 Å². The van der Waals surface area contributed by atoms with E-state index in [1.807, 2.05) is 51.1 Å². The van der Waals surface area contributed by atoms with Crippen molar-refractivity contribution >= 4 is 26.9 Å². The number of carbonyl (C=O) groups excluding carboxylic acids is 1. The molecule has 0 unspecified atom stereocenters. The number of fused-ring (bicyclic) bond motifs is 1. The standard InChI is InChI=1S/C22H24N2O4S/c1-15-5-7-21(17(3)12-15)29(26,27)24-10-8-23(9-11-24)22(25)20-14-18-13-16(2)4-6-19(18)28-20/h4-7,12-14H,8-11H2,1-3H3. The molecule has 4 rings (SSSR count). The average molecular weight is 413 g/mol. The van der Waals surface area contributed by atoms with Gasteiger partial charge in [-0.05, 0) is 50.6 Å². The molecule has 0 radical (unpaired) electrons. The molecule has 2 heterocycles. The Labute approximate surface area is 170 Å². The molecule has 0 saturated carbocycles. The van der Waals surface area contributed by atoms with E-state index in [4.69, 9.17) is 4.42 Å². The van der Waals surface area contributed by atoms with Crippen LogP contribution in [0, 0.1) is 20.8 Å². The Morgan fingerprint density at radius 1 is 0.897 bits per heavy atom. The molecular formula is C22H24N2O4S. The Kier molecular flexibility index (Phi) is 4.96. The van der Waals surface area contributed by atoms with Gasteiger partial charge in [0.2, 0.25) is 10.0 Å². The molecule has 152 valence electrons. The maximum Gasteiger partial charge on any atom is 0.289 e. The minimum atomic E-state index is -3.58.